The highest BCUT2D eigenvalue weighted by Crippen LogP contribution is 2.49. The number of carbonyl (C=O) groups is 1. The Labute approximate surface area is 229 Å². The second-order valence-corrected chi connectivity index (χ2v) is 10.9. The molecular weight excluding hydrogens is 488 g/mol. The average Bonchev–Trinajstić information content (AvgIpc) is 3.69. The van der Waals surface area contributed by atoms with Gasteiger partial charge in [-0.3, -0.25) is 10.1 Å². The molecule has 4 N–H and O–H groups in total. The number of fused-ring (bicyclic) bond motifs is 1. The monoisotopic (exact) mass is 524 g/mol. The molecule has 1 saturated carbocycles. The second-order valence-electron chi connectivity index (χ2n) is 10.9. The Morgan fingerprint density at radius 2 is 1.77 bits per heavy atom. The van der Waals surface area contributed by atoms with Crippen LogP contribution >= 0.6 is 0 Å². The molecule has 7 heteroatoms. The van der Waals surface area contributed by atoms with Gasteiger partial charge in [-0.2, -0.15) is 0 Å². The predicted octanol–water partition coefficient (Wildman–Crippen LogP) is 4.44. The molecule has 1 aromatic heterocycles. The highest BCUT2D eigenvalue weighted by atomic mass is 16.6. The number of para-hydroxylation sites is 2. The van der Waals surface area contributed by atoms with E-state index in [0.29, 0.717) is 25.5 Å². The molecular formula is C32H36N4O3. The highest BCUT2D eigenvalue weighted by molar-refractivity contribution is 5.81. The number of carbonyl (C=O) groups excluding carboxylic acids is 1. The van der Waals surface area contributed by atoms with Crippen molar-refractivity contribution in [2.75, 3.05) is 13.2 Å². The summed E-state index contributed by atoms with van der Waals surface area (Å²) in [6.45, 7) is 1.37. The van der Waals surface area contributed by atoms with Crippen molar-refractivity contribution in [3.05, 3.63) is 101 Å². The van der Waals surface area contributed by atoms with E-state index < -0.39 is 11.8 Å². The first-order valence-corrected chi connectivity index (χ1v) is 14.0. The van der Waals surface area contributed by atoms with E-state index >= 15 is 0 Å². The van der Waals surface area contributed by atoms with Gasteiger partial charge in [-0.25, -0.2) is 4.98 Å². The lowest BCUT2D eigenvalue weighted by atomic mass is 9.71. The Kier molecular flexibility index (Phi) is 7.21. The molecule has 1 saturated heterocycles. The number of epoxide rings is 1. The number of aliphatic hydroxyl groups excluding tert-OH is 1. The zero-order chi connectivity index (χ0) is 26.8. The van der Waals surface area contributed by atoms with Gasteiger partial charge in [-0.05, 0) is 47.6 Å². The molecule has 0 radical (unpaired) electrons. The molecule has 3 aromatic carbocycles. The lowest BCUT2D eigenvalue weighted by Crippen LogP contribution is -2.49. The molecule has 0 spiro atoms. The summed E-state index contributed by atoms with van der Waals surface area (Å²) in [5, 5.41) is 13.1. The number of nitrogens with zero attached hydrogens (tertiary/aromatic N) is 2. The van der Waals surface area contributed by atoms with Crippen molar-refractivity contribution in [2.24, 2.45) is 11.7 Å². The number of rotatable bonds is 10. The minimum Gasteiger partial charge on any atom is -0.396 e. The van der Waals surface area contributed by atoms with Crippen LogP contribution in [0.15, 0.2) is 78.9 Å². The third kappa shape index (κ3) is 5.22. The van der Waals surface area contributed by atoms with Gasteiger partial charge in [0.25, 0.3) is 0 Å². The maximum atomic E-state index is 12.4. The van der Waals surface area contributed by atoms with Crippen molar-refractivity contribution < 1.29 is 14.6 Å². The summed E-state index contributed by atoms with van der Waals surface area (Å²) in [5.74, 6) is 1.11. The van der Waals surface area contributed by atoms with Crippen LogP contribution < -0.4 is 11.1 Å². The maximum absolute atomic E-state index is 12.4. The van der Waals surface area contributed by atoms with E-state index in [-0.39, 0.29) is 18.4 Å². The fourth-order valence-corrected chi connectivity index (χ4v) is 6.42. The zero-order valence-electron chi connectivity index (χ0n) is 22.1. The first-order valence-electron chi connectivity index (χ1n) is 14.0. The predicted molar refractivity (Wildman–Crippen MR) is 151 cm³/mol. The SMILES string of the molecule is NC(=O)[C@@H](NC1([C@@H]2CCCC[C@H]2c2ccc(Cn3c(CCO)nc4ccccc43)cc2)CO1)c1ccccc1. The van der Waals surface area contributed by atoms with Crippen LogP contribution in [-0.2, 0) is 22.5 Å². The van der Waals surface area contributed by atoms with Crippen molar-refractivity contribution in [1.82, 2.24) is 14.9 Å². The molecule has 2 aliphatic rings. The standard InChI is InChI=1S/C32H36N4O3/c33-31(38)30(24-8-2-1-3-9-24)35-32(21-39-32)26-11-5-4-10-25(26)23-16-14-22(15-17-23)20-36-28-13-7-6-12-27(28)34-29(36)18-19-37/h1-3,6-9,12-17,25-26,30,35,37H,4-5,10-11,18-21H2,(H2,33,38)/t25-,26+,30-,32?/m0/s1. The van der Waals surface area contributed by atoms with E-state index in [0.717, 1.165) is 41.7 Å². The summed E-state index contributed by atoms with van der Waals surface area (Å²) in [6.07, 6.45) is 5.00. The van der Waals surface area contributed by atoms with Gasteiger partial charge >= 0.3 is 0 Å². The number of imidazole rings is 1. The van der Waals surface area contributed by atoms with Gasteiger partial charge in [0.15, 0.2) is 0 Å². The first kappa shape index (κ1) is 25.7. The average molecular weight is 525 g/mol. The van der Waals surface area contributed by atoms with Crippen molar-refractivity contribution >= 4 is 16.9 Å². The smallest absolute Gasteiger partial charge is 0.239 e. The number of ether oxygens (including phenoxy) is 1. The van der Waals surface area contributed by atoms with E-state index in [1.807, 2.05) is 48.5 Å². The van der Waals surface area contributed by atoms with Crippen LogP contribution in [0.4, 0.5) is 0 Å². The molecule has 4 aromatic rings. The van der Waals surface area contributed by atoms with Gasteiger partial charge in [0.1, 0.15) is 17.6 Å². The summed E-state index contributed by atoms with van der Waals surface area (Å²) in [7, 11) is 0. The van der Waals surface area contributed by atoms with Crippen LogP contribution in [0.25, 0.3) is 11.0 Å². The van der Waals surface area contributed by atoms with E-state index in [4.69, 9.17) is 15.5 Å². The lowest BCUT2D eigenvalue weighted by Gasteiger charge is -2.37. The summed E-state index contributed by atoms with van der Waals surface area (Å²) in [5.41, 5.74) is 10.7. The van der Waals surface area contributed by atoms with Crippen LogP contribution in [0.5, 0.6) is 0 Å². The number of benzene rings is 3. The van der Waals surface area contributed by atoms with Gasteiger partial charge in [0.2, 0.25) is 5.91 Å². The number of hydrogen-bond acceptors (Lipinski definition) is 5. The molecule has 202 valence electrons. The fraction of sp³-hybridized carbons (Fsp3) is 0.375. The number of primary amides is 1. The zero-order valence-corrected chi connectivity index (χ0v) is 22.1. The van der Waals surface area contributed by atoms with Crippen molar-refractivity contribution in [3.63, 3.8) is 0 Å². The molecule has 39 heavy (non-hydrogen) atoms. The van der Waals surface area contributed by atoms with E-state index in [1.165, 1.54) is 17.5 Å². The molecule has 1 amide bonds. The first-order chi connectivity index (χ1) is 19.1. The largest absolute Gasteiger partial charge is 0.396 e. The normalized spacial score (nSPS) is 23.5. The molecule has 1 aliphatic heterocycles. The van der Waals surface area contributed by atoms with E-state index in [2.05, 4.69) is 40.2 Å². The molecule has 1 aliphatic carbocycles. The van der Waals surface area contributed by atoms with Gasteiger partial charge in [-0.15, -0.1) is 0 Å². The van der Waals surface area contributed by atoms with Crippen LogP contribution in [0, 0.1) is 5.92 Å². The van der Waals surface area contributed by atoms with Gasteiger partial charge < -0.3 is 20.1 Å². The Balaban J connectivity index is 1.23. The molecule has 2 heterocycles. The lowest BCUT2D eigenvalue weighted by molar-refractivity contribution is -0.121. The van der Waals surface area contributed by atoms with E-state index in [9.17, 15) is 9.90 Å². The molecule has 7 nitrogen and oxygen atoms in total. The number of hydrogen-bond donors (Lipinski definition) is 3. The third-order valence-electron chi connectivity index (χ3n) is 8.44. The summed E-state index contributed by atoms with van der Waals surface area (Å²) in [6, 6.07) is 26.1. The number of aliphatic hydroxyl groups is 1. The van der Waals surface area contributed by atoms with Crippen LogP contribution in [0.3, 0.4) is 0 Å². The molecule has 1 unspecified atom stereocenters. The number of aromatic nitrogens is 2. The Hall–Kier alpha value is -3.52. The highest BCUT2D eigenvalue weighted by Gasteiger charge is 2.56. The number of nitrogens with two attached hydrogens (primary N) is 1. The molecule has 4 atom stereocenters. The van der Waals surface area contributed by atoms with Crippen LogP contribution in [0.1, 0.15) is 60.2 Å². The van der Waals surface area contributed by atoms with Crippen molar-refractivity contribution in [3.8, 4) is 0 Å². The summed E-state index contributed by atoms with van der Waals surface area (Å²) in [4.78, 5) is 17.2. The Morgan fingerprint density at radius 1 is 1.05 bits per heavy atom. The molecule has 0 bridgehead atoms. The Bertz CT molecular complexity index is 1430. The minimum absolute atomic E-state index is 0.0735. The second kappa shape index (κ2) is 10.9. The van der Waals surface area contributed by atoms with Crippen LogP contribution in [-0.4, -0.2) is 39.5 Å². The van der Waals surface area contributed by atoms with Gasteiger partial charge in [0, 0.05) is 18.9 Å². The number of nitrogens with one attached hydrogen (secondary N) is 1. The minimum atomic E-state index is -0.586. The quantitative estimate of drug-likeness (QED) is 0.266. The third-order valence-corrected chi connectivity index (χ3v) is 8.44. The molecule has 2 fully saturated rings. The van der Waals surface area contributed by atoms with Crippen molar-refractivity contribution in [2.45, 2.75) is 56.3 Å². The number of amides is 1. The molecule has 6 rings (SSSR count). The summed E-state index contributed by atoms with van der Waals surface area (Å²) >= 11 is 0. The fourth-order valence-electron chi connectivity index (χ4n) is 6.42. The Morgan fingerprint density at radius 3 is 2.49 bits per heavy atom. The topological polar surface area (TPSA) is 106 Å². The van der Waals surface area contributed by atoms with Gasteiger partial charge in [-0.1, -0.05) is 79.6 Å². The summed E-state index contributed by atoms with van der Waals surface area (Å²) < 4.78 is 8.31. The van der Waals surface area contributed by atoms with Crippen molar-refractivity contribution in [1.29, 1.82) is 0 Å². The van der Waals surface area contributed by atoms with E-state index in [1.54, 1.807) is 0 Å². The maximum Gasteiger partial charge on any atom is 0.239 e. The van der Waals surface area contributed by atoms with Crippen LogP contribution in [0.2, 0.25) is 0 Å². The van der Waals surface area contributed by atoms with Gasteiger partial charge in [0.05, 0.1) is 24.2 Å².